The lowest BCUT2D eigenvalue weighted by Crippen LogP contribution is -2.48. The van der Waals surface area contributed by atoms with Gasteiger partial charge in [0.15, 0.2) is 0 Å². The normalized spacial score (nSPS) is 14.4. The molecule has 32 heavy (non-hydrogen) atoms. The topological polar surface area (TPSA) is 88.4 Å². The van der Waals surface area contributed by atoms with Gasteiger partial charge in [-0.3, -0.25) is 9.69 Å². The van der Waals surface area contributed by atoms with Gasteiger partial charge in [-0.2, -0.15) is 4.68 Å². The number of ether oxygens (including phenoxy) is 1. The summed E-state index contributed by atoms with van der Waals surface area (Å²) in [4.78, 5) is 17.2. The van der Waals surface area contributed by atoms with E-state index in [0.717, 1.165) is 38.4 Å². The maximum absolute atomic E-state index is 13.1. The maximum atomic E-state index is 13.1. The van der Waals surface area contributed by atoms with Crippen molar-refractivity contribution in [1.82, 2.24) is 30.4 Å². The van der Waals surface area contributed by atoms with Crippen LogP contribution in [-0.4, -0.2) is 77.4 Å². The third kappa shape index (κ3) is 4.97. The molecule has 168 valence electrons. The molecule has 2 heterocycles. The molecular formula is C21H23ClFN7O2. The molecule has 9 nitrogen and oxygen atoms in total. The van der Waals surface area contributed by atoms with E-state index in [1.165, 1.54) is 30.3 Å². The molecule has 1 amide bonds. The number of halogens is 2. The molecule has 0 atom stereocenters. The van der Waals surface area contributed by atoms with Crippen LogP contribution in [0.3, 0.4) is 0 Å². The molecule has 2 aromatic carbocycles. The first-order chi connectivity index (χ1) is 15.5. The van der Waals surface area contributed by atoms with Crippen molar-refractivity contribution in [3.05, 3.63) is 59.1 Å². The molecule has 1 aromatic heterocycles. The zero-order valence-electron chi connectivity index (χ0n) is 17.5. The average Bonchev–Trinajstić information content (AvgIpc) is 3.34. The number of nitrogens with zero attached hydrogens (tertiary/aromatic N) is 6. The second-order valence-electron chi connectivity index (χ2n) is 7.32. The summed E-state index contributed by atoms with van der Waals surface area (Å²) in [5.74, 6) is -0.117. The summed E-state index contributed by atoms with van der Waals surface area (Å²) in [6, 6.07) is 9.74. The van der Waals surface area contributed by atoms with Gasteiger partial charge in [0.25, 0.3) is 5.91 Å². The van der Waals surface area contributed by atoms with E-state index in [2.05, 4.69) is 30.6 Å². The largest absolute Gasteiger partial charge is 0.496 e. The van der Waals surface area contributed by atoms with E-state index in [1.54, 1.807) is 24.3 Å². The Balaban J connectivity index is 1.30. The van der Waals surface area contributed by atoms with Gasteiger partial charge in [-0.1, -0.05) is 11.6 Å². The van der Waals surface area contributed by atoms with Crippen LogP contribution in [0.5, 0.6) is 5.75 Å². The molecule has 1 aliphatic heterocycles. The number of aromatic nitrogens is 4. The van der Waals surface area contributed by atoms with Crippen molar-refractivity contribution >= 4 is 23.2 Å². The van der Waals surface area contributed by atoms with Crippen LogP contribution >= 0.6 is 11.6 Å². The quantitative estimate of drug-likeness (QED) is 0.578. The van der Waals surface area contributed by atoms with Crippen molar-refractivity contribution in [3.8, 4) is 11.4 Å². The Hall–Kier alpha value is -3.24. The van der Waals surface area contributed by atoms with Gasteiger partial charge in [0.1, 0.15) is 17.9 Å². The average molecular weight is 460 g/mol. The van der Waals surface area contributed by atoms with Crippen LogP contribution in [0.1, 0.15) is 10.4 Å². The fraction of sp³-hybridized carbons (Fsp3) is 0.333. The number of benzene rings is 2. The Bertz CT molecular complexity index is 1050. The van der Waals surface area contributed by atoms with Gasteiger partial charge in [0, 0.05) is 51.0 Å². The number of anilines is 1. The minimum atomic E-state index is -0.267. The number of rotatable bonds is 7. The van der Waals surface area contributed by atoms with Crippen LogP contribution in [0, 0.1) is 5.82 Å². The second-order valence-corrected chi connectivity index (χ2v) is 7.73. The monoisotopic (exact) mass is 459 g/mol. The summed E-state index contributed by atoms with van der Waals surface area (Å²) in [6.45, 7) is 4.64. The van der Waals surface area contributed by atoms with Gasteiger partial charge in [-0.25, -0.2) is 4.39 Å². The van der Waals surface area contributed by atoms with Crippen LogP contribution in [-0.2, 0) is 0 Å². The van der Waals surface area contributed by atoms with E-state index in [4.69, 9.17) is 16.3 Å². The van der Waals surface area contributed by atoms with Gasteiger partial charge in [0.05, 0.1) is 23.4 Å². The zero-order valence-corrected chi connectivity index (χ0v) is 18.3. The first-order valence-electron chi connectivity index (χ1n) is 10.2. The van der Waals surface area contributed by atoms with E-state index >= 15 is 0 Å². The molecule has 0 radical (unpaired) electrons. The van der Waals surface area contributed by atoms with Crippen LogP contribution < -0.4 is 15.0 Å². The lowest BCUT2D eigenvalue weighted by molar-refractivity contribution is 0.0944. The minimum Gasteiger partial charge on any atom is -0.496 e. The summed E-state index contributed by atoms with van der Waals surface area (Å²) in [6.07, 6.45) is 1.41. The fourth-order valence-corrected chi connectivity index (χ4v) is 3.89. The first-order valence-corrected chi connectivity index (χ1v) is 10.5. The molecule has 3 aromatic rings. The van der Waals surface area contributed by atoms with Crippen molar-refractivity contribution in [1.29, 1.82) is 0 Å². The third-order valence-corrected chi connectivity index (χ3v) is 5.69. The lowest BCUT2D eigenvalue weighted by Gasteiger charge is -2.36. The van der Waals surface area contributed by atoms with Gasteiger partial charge in [-0.15, -0.1) is 5.10 Å². The molecule has 11 heteroatoms. The number of nitrogens with one attached hydrogen (secondary N) is 1. The van der Waals surface area contributed by atoms with Crippen LogP contribution in [0.4, 0.5) is 10.1 Å². The maximum Gasteiger partial charge on any atom is 0.255 e. The first kappa shape index (κ1) is 22.0. The molecule has 1 N–H and O–H groups in total. The van der Waals surface area contributed by atoms with E-state index in [-0.39, 0.29) is 11.7 Å². The molecule has 0 bridgehead atoms. The zero-order chi connectivity index (χ0) is 22.5. The lowest BCUT2D eigenvalue weighted by atomic mass is 10.1. The summed E-state index contributed by atoms with van der Waals surface area (Å²) in [7, 11) is 1.49. The molecule has 1 fully saturated rings. The van der Waals surface area contributed by atoms with E-state index in [1.807, 2.05) is 0 Å². The third-order valence-electron chi connectivity index (χ3n) is 5.39. The van der Waals surface area contributed by atoms with Crippen molar-refractivity contribution in [3.63, 3.8) is 0 Å². The van der Waals surface area contributed by atoms with Gasteiger partial charge in [-0.05, 0) is 40.8 Å². The summed E-state index contributed by atoms with van der Waals surface area (Å²) in [5, 5.41) is 14.3. The van der Waals surface area contributed by atoms with E-state index in [9.17, 15) is 9.18 Å². The number of amides is 1. The highest BCUT2D eigenvalue weighted by atomic mass is 35.5. The van der Waals surface area contributed by atoms with Crippen LogP contribution in [0.2, 0.25) is 5.02 Å². The number of piperazine rings is 1. The van der Waals surface area contributed by atoms with Gasteiger partial charge >= 0.3 is 0 Å². The highest BCUT2D eigenvalue weighted by molar-refractivity contribution is 6.33. The summed E-state index contributed by atoms with van der Waals surface area (Å²) < 4.78 is 19.9. The predicted octanol–water partition coefficient (Wildman–Crippen LogP) is 2.02. The fourth-order valence-electron chi connectivity index (χ4n) is 3.64. The standard InChI is InChI=1S/C21H23ClFN7O2/c1-32-20-13-19(30-14-25-26-27-30)18(22)12-17(20)21(31)24-6-7-28-8-10-29(11-9-28)16-4-2-15(23)3-5-16/h2-5,12-14H,6-11H2,1H3,(H,24,31). The predicted molar refractivity (Wildman–Crippen MR) is 118 cm³/mol. The number of hydrogen-bond acceptors (Lipinski definition) is 7. The summed E-state index contributed by atoms with van der Waals surface area (Å²) in [5.41, 5.74) is 1.88. The minimum absolute atomic E-state index is 0.230. The molecule has 4 rings (SSSR count). The Labute approximate surface area is 189 Å². The number of hydrogen-bond donors (Lipinski definition) is 1. The molecule has 1 aliphatic rings. The van der Waals surface area contributed by atoms with Gasteiger partial charge < -0.3 is 15.0 Å². The SMILES string of the molecule is COc1cc(-n2cnnn2)c(Cl)cc1C(=O)NCCN1CCN(c2ccc(F)cc2)CC1. The highest BCUT2D eigenvalue weighted by Gasteiger charge is 2.19. The Morgan fingerprint density at radius 1 is 1.19 bits per heavy atom. The number of carbonyl (C=O) groups is 1. The molecule has 0 saturated carbocycles. The Morgan fingerprint density at radius 2 is 1.94 bits per heavy atom. The number of methoxy groups -OCH3 is 1. The Kier molecular flexibility index (Phi) is 6.81. The van der Waals surface area contributed by atoms with Crippen molar-refractivity contribution in [2.24, 2.45) is 0 Å². The Morgan fingerprint density at radius 3 is 2.59 bits per heavy atom. The molecule has 0 aliphatic carbocycles. The smallest absolute Gasteiger partial charge is 0.255 e. The van der Waals surface area contributed by atoms with Crippen molar-refractivity contribution in [2.75, 3.05) is 51.3 Å². The van der Waals surface area contributed by atoms with Crippen LogP contribution in [0.25, 0.3) is 5.69 Å². The van der Waals surface area contributed by atoms with Crippen molar-refractivity contribution < 1.29 is 13.9 Å². The molecule has 1 saturated heterocycles. The molecule has 0 spiro atoms. The number of carbonyl (C=O) groups excluding carboxylic acids is 1. The molecule has 0 unspecified atom stereocenters. The second kappa shape index (κ2) is 9.92. The van der Waals surface area contributed by atoms with Crippen LogP contribution in [0.15, 0.2) is 42.7 Å². The van der Waals surface area contributed by atoms with E-state index in [0.29, 0.717) is 28.6 Å². The number of tetrazole rings is 1. The highest BCUT2D eigenvalue weighted by Crippen LogP contribution is 2.29. The van der Waals surface area contributed by atoms with Gasteiger partial charge in [0.2, 0.25) is 0 Å². The molecular weight excluding hydrogens is 437 g/mol. The van der Waals surface area contributed by atoms with Crippen molar-refractivity contribution in [2.45, 2.75) is 0 Å². The summed E-state index contributed by atoms with van der Waals surface area (Å²) >= 11 is 6.34. The van der Waals surface area contributed by atoms with E-state index < -0.39 is 0 Å².